The number of benzene rings is 1. The molecular weight excluding hydrogens is 298 g/mol. The van der Waals surface area contributed by atoms with Crippen molar-refractivity contribution in [3.63, 3.8) is 0 Å². The van der Waals surface area contributed by atoms with Crippen LogP contribution in [0.25, 0.3) is 0 Å². The molecule has 2 unspecified atom stereocenters. The number of nitrogens with one attached hydrogen (secondary N) is 1. The minimum atomic E-state index is -3.74. The average molecular weight is 316 g/mol. The number of hydrogen-bond donors (Lipinski definition) is 1. The van der Waals surface area contributed by atoms with Crippen LogP contribution >= 0.6 is 10.7 Å². The van der Waals surface area contributed by atoms with E-state index in [1.165, 1.54) is 30.7 Å². The molecule has 110 valence electrons. The van der Waals surface area contributed by atoms with Crippen molar-refractivity contribution in [1.82, 2.24) is 5.32 Å². The molecule has 1 saturated carbocycles. The third-order valence-electron chi connectivity index (χ3n) is 3.67. The molecule has 1 N–H and O–H groups in total. The number of rotatable bonds is 3. The number of amides is 1. The van der Waals surface area contributed by atoms with Gasteiger partial charge in [0, 0.05) is 22.3 Å². The third kappa shape index (κ3) is 3.96. The van der Waals surface area contributed by atoms with Crippen molar-refractivity contribution in [2.75, 3.05) is 0 Å². The van der Waals surface area contributed by atoms with E-state index in [0.717, 1.165) is 19.3 Å². The molecule has 1 aromatic carbocycles. The monoisotopic (exact) mass is 315 g/mol. The molecule has 0 aromatic heterocycles. The fourth-order valence-electron chi connectivity index (χ4n) is 2.60. The summed E-state index contributed by atoms with van der Waals surface area (Å²) in [6.45, 7) is 2.19. The quantitative estimate of drug-likeness (QED) is 0.872. The Labute approximate surface area is 123 Å². The molecule has 0 bridgehead atoms. The highest BCUT2D eigenvalue weighted by molar-refractivity contribution is 8.13. The molecular formula is C14H18ClNO3S. The Bertz CT molecular complexity index is 583. The van der Waals surface area contributed by atoms with Crippen LogP contribution in [0.3, 0.4) is 0 Å². The maximum absolute atomic E-state index is 12.1. The van der Waals surface area contributed by atoms with E-state index in [4.69, 9.17) is 10.7 Å². The largest absolute Gasteiger partial charge is 0.349 e. The Kier molecular flexibility index (Phi) is 4.70. The molecule has 2 rings (SSSR count). The van der Waals surface area contributed by atoms with E-state index in [1.807, 2.05) is 0 Å². The summed E-state index contributed by atoms with van der Waals surface area (Å²) in [7, 11) is 1.49. The van der Waals surface area contributed by atoms with Crippen LogP contribution in [0.15, 0.2) is 29.2 Å². The van der Waals surface area contributed by atoms with Gasteiger partial charge in [-0.15, -0.1) is 0 Å². The van der Waals surface area contributed by atoms with Crippen LogP contribution in [-0.4, -0.2) is 20.4 Å². The lowest BCUT2D eigenvalue weighted by Crippen LogP contribution is -2.37. The normalized spacial score (nSPS) is 23.3. The molecule has 1 aliphatic carbocycles. The van der Waals surface area contributed by atoms with E-state index in [9.17, 15) is 13.2 Å². The Morgan fingerprint density at radius 1 is 1.25 bits per heavy atom. The first-order valence-electron chi connectivity index (χ1n) is 6.72. The van der Waals surface area contributed by atoms with Crippen molar-refractivity contribution in [2.24, 2.45) is 5.92 Å². The van der Waals surface area contributed by atoms with Gasteiger partial charge in [-0.05, 0) is 43.0 Å². The molecule has 1 aliphatic rings. The highest BCUT2D eigenvalue weighted by atomic mass is 35.7. The molecule has 1 fully saturated rings. The van der Waals surface area contributed by atoms with Gasteiger partial charge in [0.05, 0.1) is 4.90 Å². The van der Waals surface area contributed by atoms with E-state index in [2.05, 4.69) is 12.2 Å². The summed E-state index contributed by atoms with van der Waals surface area (Å²) >= 11 is 0. The van der Waals surface area contributed by atoms with E-state index in [0.29, 0.717) is 11.5 Å². The lowest BCUT2D eigenvalue weighted by molar-refractivity contribution is 0.0921. The van der Waals surface area contributed by atoms with Gasteiger partial charge in [0.15, 0.2) is 0 Å². The lowest BCUT2D eigenvalue weighted by Gasteiger charge is -2.27. The maximum atomic E-state index is 12.1. The number of halogens is 1. The van der Waals surface area contributed by atoms with Crippen LogP contribution in [0.2, 0.25) is 0 Å². The highest BCUT2D eigenvalue weighted by Crippen LogP contribution is 2.24. The molecule has 20 heavy (non-hydrogen) atoms. The van der Waals surface area contributed by atoms with Gasteiger partial charge in [0.2, 0.25) is 0 Å². The third-order valence-corrected chi connectivity index (χ3v) is 5.04. The van der Waals surface area contributed by atoms with Crippen molar-refractivity contribution >= 4 is 25.6 Å². The van der Waals surface area contributed by atoms with Gasteiger partial charge in [0.25, 0.3) is 15.0 Å². The molecule has 0 radical (unpaired) electrons. The summed E-state index contributed by atoms with van der Waals surface area (Å²) in [6, 6.07) is 5.87. The van der Waals surface area contributed by atoms with Gasteiger partial charge in [-0.3, -0.25) is 4.79 Å². The fourth-order valence-corrected chi connectivity index (χ4v) is 3.37. The Morgan fingerprint density at radius 3 is 2.45 bits per heavy atom. The second kappa shape index (κ2) is 6.14. The minimum absolute atomic E-state index is 0.00186. The Morgan fingerprint density at radius 2 is 1.90 bits per heavy atom. The van der Waals surface area contributed by atoms with Gasteiger partial charge >= 0.3 is 0 Å². The second-order valence-corrected chi connectivity index (χ2v) is 7.97. The number of carbonyl (C=O) groups excluding carboxylic acids is 1. The van der Waals surface area contributed by atoms with Crippen LogP contribution in [0.4, 0.5) is 0 Å². The molecule has 0 heterocycles. The van der Waals surface area contributed by atoms with Crippen molar-refractivity contribution in [3.8, 4) is 0 Å². The summed E-state index contributed by atoms with van der Waals surface area (Å²) in [6.07, 6.45) is 4.36. The van der Waals surface area contributed by atoms with E-state index >= 15 is 0 Å². The molecule has 0 aliphatic heterocycles. The van der Waals surface area contributed by atoms with Crippen LogP contribution in [-0.2, 0) is 9.05 Å². The molecule has 1 aromatic rings. The van der Waals surface area contributed by atoms with E-state index in [1.54, 1.807) is 0 Å². The zero-order chi connectivity index (χ0) is 14.8. The van der Waals surface area contributed by atoms with Gasteiger partial charge in [-0.1, -0.05) is 19.8 Å². The summed E-state index contributed by atoms with van der Waals surface area (Å²) in [5.74, 6) is 0.473. The predicted octanol–water partition coefficient (Wildman–Crippen LogP) is 2.92. The topological polar surface area (TPSA) is 63.2 Å². The lowest BCUT2D eigenvalue weighted by atomic mass is 9.87. The van der Waals surface area contributed by atoms with Gasteiger partial charge in [0.1, 0.15) is 0 Å². The van der Waals surface area contributed by atoms with Gasteiger partial charge < -0.3 is 5.32 Å². The van der Waals surface area contributed by atoms with Crippen molar-refractivity contribution in [2.45, 2.75) is 43.5 Å². The zero-order valence-electron chi connectivity index (χ0n) is 11.3. The molecule has 2 atom stereocenters. The minimum Gasteiger partial charge on any atom is -0.349 e. The predicted molar refractivity (Wildman–Crippen MR) is 78.4 cm³/mol. The molecule has 0 spiro atoms. The molecule has 0 saturated heterocycles. The fraction of sp³-hybridized carbons (Fsp3) is 0.500. The maximum Gasteiger partial charge on any atom is 0.261 e. The molecule has 1 amide bonds. The summed E-state index contributed by atoms with van der Waals surface area (Å²) in [5.41, 5.74) is 0.451. The van der Waals surface area contributed by atoms with Crippen LogP contribution in [0, 0.1) is 5.92 Å². The standard InChI is InChI=1S/C14H18ClNO3S/c1-10-3-2-4-12(9-10)16-14(17)11-5-7-13(8-6-11)20(15,18)19/h5-8,10,12H,2-4,9H2,1H3,(H,16,17). The van der Waals surface area contributed by atoms with Crippen molar-refractivity contribution < 1.29 is 13.2 Å². The SMILES string of the molecule is CC1CCCC(NC(=O)c2ccc(S(=O)(=O)Cl)cc2)C1. The van der Waals surface area contributed by atoms with Crippen LogP contribution in [0.5, 0.6) is 0 Å². The first-order valence-corrected chi connectivity index (χ1v) is 9.03. The van der Waals surface area contributed by atoms with Crippen LogP contribution in [0.1, 0.15) is 43.0 Å². The smallest absolute Gasteiger partial charge is 0.261 e. The zero-order valence-corrected chi connectivity index (χ0v) is 12.9. The summed E-state index contributed by atoms with van der Waals surface area (Å²) < 4.78 is 22.3. The van der Waals surface area contributed by atoms with E-state index < -0.39 is 9.05 Å². The van der Waals surface area contributed by atoms with Crippen molar-refractivity contribution in [3.05, 3.63) is 29.8 Å². The average Bonchev–Trinajstić information content (AvgIpc) is 2.38. The summed E-state index contributed by atoms with van der Waals surface area (Å²) in [5, 5.41) is 3.00. The molecule has 6 heteroatoms. The first-order chi connectivity index (χ1) is 9.36. The summed E-state index contributed by atoms with van der Waals surface area (Å²) in [4.78, 5) is 12.1. The Hall–Kier alpha value is -1.07. The Balaban J connectivity index is 2.02. The molecule has 4 nitrogen and oxygen atoms in total. The second-order valence-electron chi connectivity index (χ2n) is 5.40. The number of hydrogen-bond acceptors (Lipinski definition) is 3. The van der Waals surface area contributed by atoms with Gasteiger partial charge in [-0.2, -0.15) is 0 Å². The highest BCUT2D eigenvalue weighted by Gasteiger charge is 2.21. The number of carbonyl (C=O) groups is 1. The van der Waals surface area contributed by atoms with E-state index in [-0.39, 0.29) is 16.8 Å². The first kappa shape index (κ1) is 15.3. The van der Waals surface area contributed by atoms with Gasteiger partial charge in [-0.25, -0.2) is 8.42 Å². The van der Waals surface area contributed by atoms with Crippen molar-refractivity contribution in [1.29, 1.82) is 0 Å². The van der Waals surface area contributed by atoms with Crippen LogP contribution < -0.4 is 5.32 Å².